The number of hydrogen-bond acceptors (Lipinski definition) is 2. The topological polar surface area (TPSA) is 20.3 Å². The molecule has 1 aliphatic carbocycles. The van der Waals surface area contributed by atoms with Crippen LogP contribution in [0.2, 0.25) is 0 Å². The van der Waals surface area contributed by atoms with Crippen LogP contribution in [-0.2, 0) is 4.79 Å². The maximum Gasteiger partial charge on any atom is 0.157 e. The van der Waals surface area contributed by atoms with Crippen LogP contribution in [0.4, 0.5) is 0 Å². The highest BCUT2D eigenvalue weighted by Gasteiger charge is 2.50. The largest absolute Gasteiger partial charge is 0.296 e. The first-order valence-electron chi connectivity index (χ1n) is 5.95. The van der Waals surface area contributed by atoms with Crippen LogP contribution < -0.4 is 0 Å². The molecule has 0 N–H and O–H groups in total. The molecule has 2 heterocycles. The van der Waals surface area contributed by atoms with Gasteiger partial charge in [0.2, 0.25) is 0 Å². The van der Waals surface area contributed by atoms with Gasteiger partial charge in [-0.3, -0.25) is 9.69 Å². The second kappa shape index (κ2) is 3.75. The molecule has 0 radical (unpaired) electrons. The number of rotatable bonds is 4. The van der Waals surface area contributed by atoms with Crippen molar-refractivity contribution in [3.8, 4) is 0 Å². The van der Waals surface area contributed by atoms with Gasteiger partial charge < -0.3 is 0 Å². The monoisotopic (exact) mass is 207 g/mol. The lowest BCUT2D eigenvalue weighted by atomic mass is 9.72. The summed E-state index contributed by atoms with van der Waals surface area (Å²) >= 11 is 0. The standard InChI is InChI=1S/C13H21NO/c1-10(2)12(15)5-4-6-14-9-13(3)7-11(14)8-13/h4-5,10-11H,6-9H2,1-3H3/b5-4+. The van der Waals surface area contributed by atoms with Crippen LogP contribution in [0.25, 0.3) is 0 Å². The van der Waals surface area contributed by atoms with Gasteiger partial charge >= 0.3 is 0 Å². The first-order chi connectivity index (χ1) is 7.00. The molecule has 0 spiro atoms. The van der Waals surface area contributed by atoms with Crippen molar-refractivity contribution in [2.75, 3.05) is 13.1 Å². The van der Waals surface area contributed by atoms with Crippen LogP contribution in [0.5, 0.6) is 0 Å². The highest BCUT2D eigenvalue weighted by molar-refractivity contribution is 5.91. The van der Waals surface area contributed by atoms with Crippen LogP contribution >= 0.6 is 0 Å². The summed E-state index contributed by atoms with van der Waals surface area (Å²) in [6.07, 6.45) is 6.51. The summed E-state index contributed by atoms with van der Waals surface area (Å²) in [6, 6.07) is 0.800. The fourth-order valence-corrected chi connectivity index (χ4v) is 2.79. The molecule has 15 heavy (non-hydrogen) atoms. The molecule has 0 aromatic rings. The number of carbonyl (C=O) groups excluding carboxylic acids is 1. The van der Waals surface area contributed by atoms with Gasteiger partial charge in [0, 0.05) is 25.0 Å². The smallest absolute Gasteiger partial charge is 0.157 e. The van der Waals surface area contributed by atoms with Gasteiger partial charge in [-0.25, -0.2) is 0 Å². The number of fused-ring (bicyclic) bond motifs is 1. The highest BCUT2D eigenvalue weighted by atomic mass is 16.1. The van der Waals surface area contributed by atoms with E-state index in [-0.39, 0.29) is 11.7 Å². The molecule has 2 bridgehead atoms. The normalized spacial score (nSPS) is 35.1. The molecular formula is C13H21NO. The molecule has 0 atom stereocenters. The lowest BCUT2D eigenvalue weighted by Crippen LogP contribution is -2.32. The van der Waals surface area contributed by atoms with Crippen LogP contribution in [0.3, 0.4) is 0 Å². The average Bonchev–Trinajstić information content (AvgIpc) is 2.56. The van der Waals surface area contributed by atoms with Gasteiger partial charge in [0.15, 0.2) is 5.78 Å². The van der Waals surface area contributed by atoms with E-state index in [0.717, 1.165) is 12.6 Å². The van der Waals surface area contributed by atoms with Crippen LogP contribution in [0, 0.1) is 11.3 Å². The van der Waals surface area contributed by atoms with E-state index in [1.165, 1.54) is 19.4 Å². The minimum absolute atomic E-state index is 0.131. The molecule has 3 rings (SSSR count). The zero-order valence-corrected chi connectivity index (χ0v) is 9.99. The van der Waals surface area contributed by atoms with E-state index in [1.807, 2.05) is 19.9 Å². The number of nitrogens with zero attached hydrogens (tertiary/aromatic N) is 1. The third kappa shape index (κ3) is 2.15. The molecule has 0 unspecified atom stereocenters. The quantitative estimate of drug-likeness (QED) is 0.659. The van der Waals surface area contributed by atoms with Gasteiger partial charge in [-0.15, -0.1) is 0 Å². The lowest BCUT2D eigenvalue weighted by molar-refractivity contribution is -0.117. The number of ketones is 1. The Hall–Kier alpha value is -0.630. The van der Waals surface area contributed by atoms with Crippen molar-refractivity contribution >= 4 is 5.78 Å². The summed E-state index contributed by atoms with van der Waals surface area (Å²) in [6.45, 7) is 8.43. The predicted octanol–water partition coefficient (Wildman–Crippen LogP) is 2.25. The summed E-state index contributed by atoms with van der Waals surface area (Å²) in [5.41, 5.74) is 0.598. The van der Waals surface area contributed by atoms with Crippen molar-refractivity contribution < 1.29 is 4.79 Å². The van der Waals surface area contributed by atoms with E-state index in [1.54, 1.807) is 6.08 Å². The van der Waals surface area contributed by atoms with Gasteiger partial charge in [0.1, 0.15) is 0 Å². The molecule has 3 fully saturated rings. The molecule has 2 saturated heterocycles. The second-order valence-corrected chi connectivity index (χ2v) is 5.76. The molecule has 3 aliphatic rings. The molecule has 2 heteroatoms. The maximum atomic E-state index is 11.4. The van der Waals surface area contributed by atoms with Crippen molar-refractivity contribution in [3.63, 3.8) is 0 Å². The van der Waals surface area contributed by atoms with Crippen molar-refractivity contribution in [2.45, 2.75) is 39.7 Å². The first kappa shape index (κ1) is 10.9. The maximum absolute atomic E-state index is 11.4. The number of carbonyl (C=O) groups is 1. The fourth-order valence-electron chi connectivity index (χ4n) is 2.79. The lowest BCUT2D eigenvalue weighted by Gasteiger charge is -2.33. The predicted molar refractivity (Wildman–Crippen MR) is 61.7 cm³/mol. The van der Waals surface area contributed by atoms with Crippen LogP contribution in [0.15, 0.2) is 12.2 Å². The van der Waals surface area contributed by atoms with Crippen molar-refractivity contribution in [1.29, 1.82) is 0 Å². The van der Waals surface area contributed by atoms with E-state index >= 15 is 0 Å². The summed E-state index contributed by atoms with van der Waals surface area (Å²) in [5.74, 6) is 0.374. The van der Waals surface area contributed by atoms with E-state index < -0.39 is 0 Å². The Morgan fingerprint density at radius 3 is 2.67 bits per heavy atom. The first-order valence-corrected chi connectivity index (χ1v) is 5.95. The molecule has 1 saturated carbocycles. The Bertz CT molecular complexity index is 287. The van der Waals surface area contributed by atoms with Gasteiger partial charge in [-0.05, 0) is 24.3 Å². The molecule has 0 aromatic heterocycles. The van der Waals surface area contributed by atoms with Gasteiger partial charge in [-0.1, -0.05) is 26.8 Å². The molecular weight excluding hydrogens is 186 g/mol. The SMILES string of the molecule is CC(C)C(=O)/C=C/CN1CC2(C)CC1C2. The molecule has 2 aliphatic heterocycles. The zero-order chi connectivity index (χ0) is 11.1. The minimum Gasteiger partial charge on any atom is -0.296 e. The third-order valence-corrected chi connectivity index (χ3v) is 3.75. The summed E-state index contributed by atoms with van der Waals surface area (Å²) in [4.78, 5) is 13.9. The Morgan fingerprint density at radius 2 is 2.20 bits per heavy atom. The van der Waals surface area contributed by atoms with E-state index in [4.69, 9.17) is 0 Å². The Kier molecular flexibility index (Phi) is 2.72. The van der Waals surface area contributed by atoms with Crippen molar-refractivity contribution in [2.24, 2.45) is 11.3 Å². The molecule has 84 valence electrons. The van der Waals surface area contributed by atoms with Gasteiger partial charge in [0.25, 0.3) is 0 Å². The summed E-state index contributed by atoms with van der Waals surface area (Å²) in [5, 5.41) is 0. The summed E-state index contributed by atoms with van der Waals surface area (Å²) < 4.78 is 0. The van der Waals surface area contributed by atoms with Crippen molar-refractivity contribution in [1.82, 2.24) is 4.90 Å². The average molecular weight is 207 g/mol. The van der Waals surface area contributed by atoms with Gasteiger partial charge in [0.05, 0.1) is 0 Å². The van der Waals surface area contributed by atoms with E-state index in [9.17, 15) is 4.79 Å². The minimum atomic E-state index is 0.131. The van der Waals surface area contributed by atoms with Crippen LogP contribution in [-0.4, -0.2) is 29.8 Å². The Labute approximate surface area is 92.3 Å². The second-order valence-electron chi connectivity index (χ2n) is 5.76. The van der Waals surface area contributed by atoms with E-state index in [2.05, 4.69) is 11.8 Å². The number of allylic oxidation sites excluding steroid dienone is 1. The molecule has 0 aromatic carbocycles. The Balaban J connectivity index is 1.78. The van der Waals surface area contributed by atoms with Crippen LogP contribution in [0.1, 0.15) is 33.6 Å². The Morgan fingerprint density at radius 1 is 1.53 bits per heavy atom. The van der Waals surface area contributed by atoms with Crippen molar-refractivity contribution in [3.05, 3.63) is 12.2 Å². The van der Waals surface area contributed by atoms with E-state index in [0.29, 0.717) is 5.41 Å². The van der Waals surface area contributed by atoms with Gasteiger partial charge in [-0.2, -0.15) is 0 Å². The molecule has 2 nitrogen and oxygen atoms in total. The number of hydrogen-bond donors (Lipinski definition) is 0. The zero-order valence-electron chi connectivity index (χ0n) is 9.99. The molecule has 0 amide bonds. The third-order valence-electron chi connectivity index (χ3n) is 3.75. The summed E-state index contributed by atoms with van der Waals surface area (Å²) in [7, 11) is 0. The highest BCUT2D eigenvalue weighted by Crippen LogP contribution is 2.50. The fraction of sp³-hybridized carbons (Fsp3) is 0.769.